The van der Waals surface area contributed by atoms with Crippen LogP contribution in [0, 0.1) is 6.92 Å². The van der Waals surface area contributed by atoms with E-state index in [-0.39, 0.29) is 6.61 Å². The van der Waals surface area contributed by atoms with Crippen LogP contribution < -0.4 is 0 Å². The number of fused-ring (bicyclic) bond motifs is 1. The van der Waals surface area contributed by atoms with E-state index >= 15 is 0 Å². The summed E-state index contributed by atoms with van der Waals surface area (Å²) in [5.41, 5.74) is 3.85. The molecule has 0 bridgehead atoms. The minimum atomic E-state index is 0.0563. The Bertz CT molecular complexity index is 462. The first-order chi connectivity index (χ1) is 6.77. The lowest BCUT2D eigenvalue weighted by atomic mass is 10.1. The van der Waals surface area contributed by atoms with Crippen LogP contribution in [0.25, 0.3) is 11.0 Å². The van der Waals surface area contributed by atoms with Gasteiger partial charge in [-0.2, -0.15) is 0 Å². The predicted octanol–water partition coefficient (Wildman–Crippen LogP) is 1.25. The Kier molecular flexibility index (Phi) is 2.21. The minimum absolute atomic E-state index is 0.0563. The summed E-state index contributed by atoms with van der Waals surface area (Å²) in [5.74, 6) is 0. The van der Waals surface area contributed by atoms with Crippen molar-refractivity contribution in [2.45, 2.75) is 27.0 Å². The lowest BCUT2D eigenvalue weighted by Gasteiger charge is -2.02. The lowest BCUT2D eigenvalue weighted by Crippen LogP contribution is -1.96. The molecule has 0 aliphatic heterocycles. The Hall–Kier alpha value is -1.42. The number of hydrogen-bond donors (Lipinski definition) is 1. The van der Waals surface area contributed by atoms with Gasteiger partial charge in [-0.25, -0.2) is 4.68 Å². The summed E-state index contributed by atoms with van der Waals surface area (Å²) in [6.45, 7) is 4.86. The summed E-state index contributed by atoms with van der Waals surface area (Å²) in [4.78, 5) is 0. The van der Waals surface area contributed by atoms with E-state index in [9.17, 15) is 0 Å². The van der Waals surface area contributed by atoms with Crippen molar-refractivity contribution in [3.05, 3.63) is 23.3 Å². The van der Waals surface area contributed by atoms with Crippen molar-refractivity contribution in [2.75, 3.05) is 0 Å². The minimum Gasteiger partial charge on any atom is -0.392 e. The first kappa shape index (κ1) is 9.15. The molecule has 1 N–H and O–H groups in total. The van der Waals surface area contributed by atoms with Gasteiger partial charge in [0.1, 0.15) is 5.52 Å². The Morgan fingerprint density at radius 2 is 2.21 bits per heavy atom. The Labute approximate surface area is 82.2 Å². The zero-order chi connectivity index (χ0) is 10.1. The van der Waals surface area contributed by atoms with Crippen LogP contribution in [0.4, 0.5) is 0 Å². The summed E-state index contributed by atoms with van der Waals surface area (Å²) in [7, 11) is 0. The SMILES string of the molecule is CCn1nnc2c(C)c(CO)ccc21. The van der Waals surface area contributed by atoms with Gasteiger partial charge in [-0.3, -0.25) is 0 Å². The van der Waals surface area contributed by atoms with Gasteiger partial charge >= 0.3 is 0 Å². The zero-order valence-electron chi connectivity index (χ0n) is 8.36. The van der Waals surface area contributed by atoms with Crippen molar-refractivity contribution < 1.29 is 5.11 Å². The van der Waals surface area contributed by atoms with Gasteiger partial charge in [0.25, 0.3) is 0 Å². The summed E-state index contributed by atoms with van der Waals surface area (Å²) >= 11 is 0. The number of aryl methyl sites for hydroxylation is 2. The maximum absolute atomic E-state index is 9.09. The van der Waals surface area contributed by atoms with Crippen molar-refractivity contribution >= 4 is 11.0 Å². The number of nitrogens with zero attached hydrogens (tertiary/aromatic N) is 3. The smallest absolute Gasteiger partial charge is 0.116 e. The molecule has 0 spiro atoms. The van der Waals surface area contributed by atoms with Crippen LogP contribution in [-0.4, -0.2) is 20.1 Å². The topological polar surface area (TPSA) is 50.9 Å². The molecule has 0 saturated carbocycles. The fourth-order valence-corrected chi connectivity index (χ4v) is 1.61. The van der Waals surface area contributed by atoms with Crippen LogP contribution in [0.2, 0.25) is 0 Å². The lowest BCUT2D eigenvalue weighted by molar-refractivity contribution is 0.281. The van der Waals surface area contributed by atoms with Crippen molar-refractivity contribution in [1.29, 1.82) is 0 Å². The number of benzene rings is 1. The number of hydrogen-bond acceptors (Lipinski definition) is 3. The molecule has 0 fully saturated rings. The van der Waals surface area contributed by atoms with Crippen molar-refractivity contribution in [3.8, 4) is 0 Å². The quantitative estimate of drug-likeness (QED) is 0.777. The van der Waals surface area contributed by atoms with E-state index in [2.05, 4.69) is 10.3 Å². The van der Waals surface area contributed by atoms with Crippen LogP contribution in [0.1, 0.15) is 18.1 Å². The molecule has 2 rings (SSSR count). The summed E-state index contributed by atoms with van der Waals surface area (Å²) < 4.78 is 1.85. The fourth-order valence-electron chi connectivity index (χ4n) is 1.61. The Morgan fingerprint density at radius 1 is 1.43 bits per heavy atom. The van der Waals surface area contributed by atoms with Crippen molar-refractivity contribution in [3.63, 3.8) is 0 Å². The molecule has 4 nitrogen and oxygen atoms in total. The largest absolute Gasteiger partial charge is 0.392 e. The molecule has 0 amide bonds. The third kappa shape index (κ3) is 1.19. The highest BCUT2D eigenvalue weighted by Gasteiger charge is 2.08. The Morgan fingerprint density at radius 3 is 2.86 bits per heavy atom. The van der Waals surface area contributed by atoms with Gasteiger partial charge in [0.2, 0.25) is 0 Å². The summed E-state index contributed by atoms with van der Waals surface area (Å²) in [6.07, 6.45) is 0. The molecule has 0 aliphatic rings. The van der Waals surface area contributed by atoms with Gasteiger partial charge in [0.15, 0.2) is 0 Å². The van der Waals surface area contributed by atoms with Crippen LogP contribution >= 0.6 is 0 Å². The molecule has 0 saturated heterocycles. The van der Waals surface area contributed by atoms with Gasteiger partial charge in [-0.15, -0.1) is 5.10 Å². The second-order valence-electron chi connectivity index (χ2n) is 3.28. The molecule has 14 heavy (non-hydrogen) atoms. The molecule has 74 valence electrons. The van der Waals surface area contributed by atoms with E-state index in [0.717, 1.165) is 28.7 Å². The van der Waals surface area contributed by atoms with E-state index in [1.165, 1.54) is 0 Å². The van der Waals surface area contributed by atoms with Gasteiger partial charge in [-0.1, -0.05) is 11.3 Å². The number of aromatic nitrogens is 3. The van der Waals surface area contributed by atoms with Gasteiger partial charge in [-0.05, 0) is 31.0 Å². The third-order valence-electron chi connectivity index (χ3n) is 2.52. The first-order valence-electron chi connectivity index (χ1n) is 4.70. The second kappa shape index (κ2) is 3.38. The summed E-state index contributed by atoms with van der Waals surface area (Å²) in [5, 5.41) is 17.2. The standard InChI is InChI=1S/C10H13N3O/c1-3-13-9-5-4-8(6-14)7(2)10(9)11-12-13/h4-5,14H,3,6H2,1-2H3. The van der Waals surface area contributed by atoms with Crippen LogP contribution in [-0.2, 0) is 13.2 Å². The number of rotatable bonds is 2. The van der Waals surface area contributed by atoms with Crippen LogP contribution in [0.15, 0.2) is 12.1 Å². The fraction of sp³-hybridized carbons (Fsp3) is 0.400. The van der Waals surface area contributed by atoms with E-state index in [1.54, 1.807) is 0 Å². The molecule has 0 atom stereocenters. The van der Waals surface area contributed by atoms with E-state index in [0.29, 0.717) is 0 Å². The maximum Gasteiger partial charge on any atom is 0.116 e. The molecule has 1 heterocycles. The van der Waals surface area contributed by atoms with Gasteiger partial charge in [0, 0.05) is 6.54 Å². The monoisotopic (exact) mass is 191 g/mol. The van der Waals surface area contributed by atoms with Crippen LogP contribution in [0.5, 0.6) is 0 Å². The van der Waals surface area contributed by atoms with Crippen LogP contribution in [0.3, 0.4) is 0 Å². The molecular weight excluding hydrogens is 178 g/mol. The van der Waals surface area contributed by atoms with Crippen molar-refractivity contribution in [1.82, 2.24) is 15.0 Å². The molecule has 2 aromatic rings. The van der Waals surface area contributed by atoms with Crippen molar-refractivity contribution in [2.24, 2.45) is 0 Å². The zero-order valence-corrected chi connectivity index (χ0v) is 8.36. The molecule has 0 radical (unpaired) electrons. The first-order valence-corrected chi connectivity index (χ1v) is 4.70. The average Bonchev–Trinajstić information content (AvgIpc) is 2.62. The normalized spacial score (nSPS) is 11.1. The molecule has 4 heteroatoms. The molecule has 1 aromatic carbocycles. The molecular formula is C10H13N3O. The van der Waals surface area contributed by atoms with Gasteiger partial charge in [0.05, 0.1) is 12.1 Å². The average molecular weight is 191 g/mol. The number of aliphatic hydroxyl groups is 1. The van der Waals surface area contributed by atoms with E-state index in [4.69, 9.17) is 5.11 Å². The highest BCUT2D eigenvalue weighted by atomic mass is 16.3. The second-order valence-corrected chi connectivity index (χ2v) is 3.28. The van der Waals surface area contributed by atoms with E-state index < -0.39 is 0 Å². The highest BCUT2D eigenvalue weighted by molar-refractivity contribution is 5.79. The van der Waals surface area contributed by atoms with Gasteiger partial charge < -0.3 is 5.11 Å². The molecule has 1 aromatic heterocycles. The number of aliphatic hydroxyl groups excluding tert-OH is 1. The van der Waals surface area contributed by atoms with E-state index in [1.807, 2.05) is 30.7 Å². The maximum atomic E-state index is 9.09. The highest BCUT2D eigenvalue weighted by Crippen LogP contribution is 2.19. The summed E-state index contributed by atoms with van der Waals surface area (Å²) in [6, 6.07) is 3.88. The Balaban J connectivity index is 2.72. The predicted molar refractivity (Wildman–Crippen MR) is 53.9 cm³/mol. The molecule has 0 unspecified atom stereocenters. The molecule has 0 aliphatic carbocycles. The third-order valence-corrected chi connectivity index (χ3v) is 2.52.